The van der Waals surface area contributed by atoms with Crippen molar-refractivity contribution >= 4 is 34.2 Å². The highest BCUT2D eigenvalue weighted by molar-refractivity contribution is 7.16. The molecule has 1 spiro atoms. The van der Waals surface area contributed by atoms with E-state index in [0.717, 1.165) is 36.2 Å². The molecule has 1 fully saturated rings. The number of allylic oxidation sites excluding steroid dienone is 1. The fourth-order valence-electron chi connectivity index (χ4n) is 3.23. The van der Waals surface area contributed by atoms with Crippen molar-refractivity contribution in [2.45, 2.75) is 24.7 Å². The molecule has 110 valence electrons. The first-order chi connectivity index (χ1) is 10.7. The second-order valence-electron chi connectivity index (χ2n) is 5.99. The van der Waals surface area contributed by atoms with Gasteiger partial charge in [0.2, 0.25) is 5.95 Å². The maximum absolute atomic E-state index is 12.9. The fourth-order valence-corrected chi connectivity index (χ4v) is 4.45. The van der Waals surface area contributed by atoms with Crippen molar-refractivity contribution in [2.24, 2.45) is 4.99 Å². The zero-order valence-electron chi connectivity index (χ0n) is 11.6. The van der Waals surface area contributed by atoms with Gasteiger partial charge in [0.1, 0.15) is 0 Å². The van der Waals surface area contributed by atoms with Crippen LogP contribution < -0.4 is 5.32 Å². The van der Waals surface area contributed by atoms with E-state index >= 15 is 0 Å². The van der Waals surface area contributed by atoms with Crippen LogP contribution in [-0.2, 0) is 5.41 Å². The first kappa shape index (κ1) is 12.4. The molecule has 0 bridgehead atoms. The minimum absolute atomic E-state index is 0.295. The molecule has 0 radical (unpaired) electrons. The van der Waals surface area contributed by atoms with Gasteiger partial charge in [0.15, 0.2) is 10.9 Å². The highest BCUT2D eigenvalue weighted by atomic mass is 32.1. The van der Waals surface area contributed by atoms with Crippen LogP contribution in [0.25, 0.3) is 5.57 Å². The van der Waals surface area contributed by atoms with Gasteiger partial charge >= 0.3 is 0 Å². The molecule has 5 nitrogen and oxygen atoms in total. The number of hydrogen-bond acceptors (Lipinski definition) is 6. The van der Waals surface area contributed by atoms with E-state index in [0.29, 0.717) is 11.4 Å². The van der Waals surface area contributed by atoms with E-state index in [1.807, 2.05) is 6.21 Å². The minimum atomic E-state index is -0.446. The fraction of sp³-hybridized carbons (Fsp3) is 0.333. The Morgan fingerprint density at radius 2 is 2.05 bits per heavy atom. The second kappa shape index (κ2) is 4.19. The van der Waals surface area contributed by atoms with E-state index in [4.69, 9.17) is 4.98 Å². The Kier molecular flexibility index (Phi) is 2.36. The summed E-state index contributed by atoms with van der Waals surface area (Å²) in [5.41, 5.74) is 3.97. The summed E-state index contributed by atoms with van der Waals surface area (Å²) >= 11 is 1.66. The summed E-state index contributed by atoms with van der Waals surface area (Å²) in [6, 6.07) is 0. The summed E-state index contributed by atoms with van der Waals surface area (Å²) in [4.78, 5) is 18.3. The van der Waals surface area contributed by atoms with Crippen LogP contribution in [0.1, 0.15) is 29.8 Å². The largest absolute Gasteiger partial charge is 0.300 e. The van der Waals surface area contributed by atoms with Crippen LogP contribution in [0.2, 0.25) is 0 Å². The Balaban J connectivity index is 1.55. The summed E-state index contributed by atoms with van der Waals surface area (Å²) in [6.07, 6.45) is 7.81. The van der Waals surface area contributed by atoms with Crippen molar-refractivity contribution in [3.8, 4) is 0 Å². The van der Waals surface area contributed by atoms with Crippen LogP contribution in [0.4, 0.5) is 15.5 Å². The van der Waals surface area contributed by atoms with Crippen molar-refractivity contribution in [2.75, 3.05) is 11.9 Å². The highest BCUT2D eigenvalue weighted by Gasteiger charge is 2.51. The number of hydrogen-bond donors (Lipinski definition) is 1. The SMILES string of the molecule is Fc1cnc(Nc2nc3c(s2)C2(CC2)CC2=C3C=NC2)nc1. The molecule has 2 aromatic heterocycles. The monoisotopic (exact) mass is 313 g/mol. The van der Waals surface area contributed by atoms with Gasteiger partial charge in [-0.2, -0.15) is 0 Å². The third kappa shape index (κ3) is 1.75. The van der Waals surface area contributed by atoms with E-state index in [-0.39, 0.29) is 0 Å². The molecule has 2 aromatic rings. The lowest BCUT2D eigenvalue weighted by molar-refractivity contribution is 0.614. The zero-order chi connectivity index (χ0) is 14.7. The molecule has 0 amide bonds. The molecular formula is C15H12FN5S. The Morgan fingerprint density at radius 3 is 2.82 bits per heavy atom. The van der Waals surface area contributed by atoms with Crippen molar-refractivity contribution in [1.82, 2.24) is 15.0 Å². The van der Waals surface area contributed by atoms with Gasteiger partial charge in [-0.15, -0.1) is 11.3 Å². The smallest absolute Gasteiger partial charge is 0.229 e. The number of anilines is 2. The quantitative estimate of drug-likeness (QED) is 0.925. The first-order valence-corrected chi connectivity index (χ1v) is 8.03. The number of nitrogens with one attached hydrogen (secondary N) is 1. The first-order valence-electron chi connectivity index (χ1n) is 7.22. The maximum Gasteiger partial charge on any atom is 0.229 e. The third-order valence-corrected chi connectivity index (χ3v) is 5.71. The van der Waals surface area contributed by atoms with E-state index in [1.54, 1.807) is 11.3 Å². The van der Waals surface area contributed by atoms with Gasteiger partial charge in [-0.05, 0) is 24.8 Å². The molecule has 0 atom stereocenters. The maximum atomic E-state index is 12.9. The summed E-state index contributed by atoms with van der Waals surface area (Å²) in [6.45, 7) is 0.817. The molecule has 7 heteroatoms. The van der Waals surface area contributed by atoms with Gasteiger partial charge in [0.05, 0.1) is 24.6 Å². The van der Waals surface area contributed by atoms with E-state index in [9.17, 15) is 4.39 Å². The molecule has 1 saturated carbocycles. The Hall–Kier alpha value is -2.15. The predicted molar refractivity (Wildman–Crippen MR) is 83.2 cm³/mol. The van der Waals surface area contributed by atoms with Gasteiger partial charge in [-0.1, -0.05) is 0 Å². The predicted octanol–water partition coefficient (Wildman–Crippen LogP) is 3.09. The number of nitrogens with zero attached hydrogens (tertiary/aromatic N) is 4. The molecule has 0 aromatic carbocycles. The van der Waals surface area contributed by atoms with Crippen molar-refractivity contribution < 1.29 is 4.39 Å². The van der Waals surface area contributed by atoms with Crippen molar-refractivity contribution in [3.63, 3.8) is 0 Å². The topological polar surface area (TPSA) is 63.1 Å². The van der Waals surface area contributed by atoms with E-state index < -0.39 is 5.82 Å². The standard InChI is InChI=1S/C15H12FN5S/c16-9-5-18-13(19-6-9)21-14-20-11-10-7-17-4-8(10)3-15(1-2-15)12(11)22-14/h5-7H,1-4H2,(H,18,19,20,21). The molecule has 0 unspecified atom stereocenters. The van der Waals surface area contributed by atoms with Gasteiger partial charge < -0.3 is 5.32 Å². The van der Waals surface area contributed by atoms with Crippen LogP contribution in [0.15, 0.2) is 23.0 Å². The molecule has 1 aliphatic heterocycles. The van der Waals surface area contributed by atoms with Crippen LogP contribution >= 0.6 is 11.3 Å². The number of fused-ring (bicyclic) bond motifs is 3. The lowest BCUT2D eigenvalue weighted by Gasteiger charge is -2.21. The number of rotatable bonds is 2. The molecule has 22 heavy (non-hydrogen) atoms. The molecule has 5 rings (SSSR count). The number of aliphatic imine (C=N–C) groups is 1. The van der Waals surface area contributed by atoms with E-state index in [2.05, 4.69) is 20.3 Å². The average molecular weight is 313 g/mol. The van der Waals surface area contributed by atoms with Crippen LogP contribution in [0.5, 0.6) is 0 Å². The number of aromatic nitrogens is 3. The Bertz CT molecular complexity index is 832. The molecule has 0 saturated heterocycles. The van der Waals surface area contributed by atoms with Crippen molar-refractivity contribution in [3.05, 3.63) is 34.4 Å². The van der Waals surface area contributed by atoms with E-state index in [1.165, 1.54) is 28.9 Å². The Morgan fingerprint density at radius 1 is 1.23 bits per heavy atom. The van der Waals surface area contributed by atoms with Gasteiger partial charge in [-0.3, -0.25) is 4.99 Å². The van der Waals surface area contributed by atoms with Crippen LogP contribution in [-0.4, -0.2) is 27.7 Å². The molecule has 3 aliphatic rings. The summed E-state index contributed by atoms with van der Waals surface area (Å²) < 4.78 is 12.9. The molecule has 1 N–H and O–H groups in total. The average Bonchev–Trinajstić information content (AvgIpc) is 2.94. The van der Waals surface area contributed by atoms with Crippen LogP contribution in [0, 0.1) is 5.82 Å². The minimum Gasteiger partial charge on any atom is -0.300 e. The lowest BCUT2D eigenvalue weighted by atomic mass is 9.85. The van der Waals surface area contributed by atoms with Gasteiger partial charge in [-0.25, -0.2) is 19.3 Å². The van der Waals surface area contributed by atoms with Crippen molar-refractivity contribution in [1.29, 1.82) is 0 Å². The molecule has 2 aliphatic carbocycles. The van der Waals surface area contributed by atoms with Gasteiger partial charge in [0, 0.05) is 22.1 Å². The normalized spacial score (nSPS) is 20.2. The lowest BCUT2D eigenvalue weighted by Crippen LogP contribution is -2.14. The summed E-state index contributed by atoms with van der Waals surface area (Å²) in [7, 11) is 0. The third-order valence-electron chi connectivity index (χ3n) is 4.49. The number of thiazole rings is 1. The Labute approximate surface area is 130 Å². The summed E-state index contributed by atoms with van der Waals surface area (Å²) in [5, 5.41) is 3.85. The zero-order valence-corrected chi connectivity index (χ0v) is 12.5. The molecular weight excluding hydrogens is 301 g/mol. The van der Waals surface area contributed by atoms with Gasteiger partial charge in [0.25, 0.3) is 0 Å². The van der Waals surface area contributed by atoms with Crippen LogP contribution in [0.3, 0.4) is 0 Å². The number of halogens is 1. The highest BCUT2D eigenvalue weighted by Crippen LogP contribution is 2.60. The molecule has 3 heterocycles. The second-order valence-corrected chi connectivity index (χ2v) is 6.99. The summed E-state index contributed by atoms with van der Waals surface area (Å²) in [5.74, 6) is -0.0792.